The molecule has 1 heterocycles. The number of hydrogen-bond acceptors (Lipinski definition) is 3. The van der Waals surface area contributed by atoms with Crippen LogP contribution in [0.3, 0.4) is 0 Å². The highest BCUT2D eigenvalue weighted by Gasteiger charge is 2.22. The molecule has 0 radical (unpaired) electrons. The molecule has 0 spiro atoms. The van der Waals surface area contributed by atoms with Crippen LogP contribution in [0.5, 0.6) is 0 Å². The summed E-state index contributed by atoms with van der Waals surface area (Å²) in [4.78, 5) is 2.62. The van der Waals surface area contributed by atoms with Gasteiger partial charge in [-0.05, 0) is 38.8 Å². The van der Waals surface area contributed by atoms with E-state index in [4.69, 9.17) is 5.11 Å². The van der Waals surface area contributed by atoms with E-state index >= 15 is 0 Å². The van der Waals surface area contributed by atoms with Gasteiger partial charge in [0.2, 0.25) is 0 Å². The van der Waals surface area contributed by atoms with Crippen molar-refractivity contribution in [3.8, 4) is 0 Å². The molecule has 1 aliphatic heterocycles. The summed E-state index contributed by atoms with van der Waals surface area (Å²) in [6.07, 6.45) is 5.00. The third-order valence-corrected chi connectivity index (χ3v) is 3.53. The number of rotatable bonds is 6. The average molecular weight is 214 g/mol. The third-order valence-electron chi connectivity index (χ3n) is 3.53. The Morgan fingerprint density at radius 2 is 1.87 bits per heavy atom. The maximum absolute atomic E-state index is 8.74. The van der Waals surface area contributed by atoms with Crippen LogP contribution >= 0.6 is 0 Å². The molecule has 0 aromatic heterocycles. The Morgan fingerprint density at radius 1 is 1.27 bits per heavy atom. The average Bonchev–Trinajstić information content (AvgIpc) is 2.29. The van der Waals surface area contributed by atoms with E-state index in [1.54, 1.807) is 0 Å². The summed E-state index contributed by atoms with van der Waals surface area (Å²) in [6.45, 7) is 8.00. The Kier molecular flexibility index (Phi) is 6.22. The van der Waals surface area contributed by atoms with Crippen LogP contribution in [0.15, 0.2) is 0 Å². The summed E-state index contributed by atoms with van der Waals surface area (Å²) < 4.78 is 0. The number of likely N-dealkylation sites (tertiary alicyclic amines) is 1. The van der Waals surface area contributed by atoms with E-state index in [-0.39, 0.29) is 6.61 Å². The van der Waals surface area contributed by atoms with Gasteiger partial charge >= 0.3 is 0 Å². The highest BCUT2D eigenvalue weighted by Crippen LogP contribution is 2.16. The summed E-state index contributed by atoms with van der Waals surface area (Å²) in [6, 6.07) is 1.41. The minimum absolute atomic E-state index is 0.257. The van der Waals surface area contributed by atoms with Crippen molar-refractivity contribution in [1.82, 2.24) is 10.2 Å². The van der Waals surface area contributed by atoms with Crippen LogP contribution < -0.4 is 5.32 Å². The second-order valence-electron chi connectivity index (χ2n) is 4.46. The lowest BCUT2D eigenvalue weighted by molar-refractivity contribution is 0.134. The van der Waals surface area contributed by atoms with Gasteiger partial charge in [-0.2, -0.15) is 0 Å². The van der Waals surface area contributed by atoms with Gasteiger partial charge in [-0.15, -0.1) is 0 Å². The first-order valence-electron chi connectivity index (χ1n) is 6.40. The Bertz CT molecular complexity index is 152. The van der Waals surface area contributed by atoms with Gasteiger partial charge in [-0.1, -0.05) is 13.8 Å². The molecule has 1 saturated heterocycles. The van der Waals surface area contributed by atoms with Gasteiger partial charge in [-0.3, -0.25) is 0 Å². The van der Waals surface area contributed by atoms with Gasteiger partial charge in [0.25, 0.3) is 0 Å². The smallest absolute Gasteiger partial charge is 0.0556 e. The Hall–Kier alpha value is -0.120. The molecule has 0 aromatic carbocycles. The van der Waals surface area contributed by atoms with E-state index in [1.165, 1.54) is 38.8 Å². The molecule has 3 nitrogen and oxygen atoms in total. The predicted molar refractivity (Wildman–Crippen MR) is 64.1 cm³/mol. The van der Waals surface area contributed by atoms with E-state index in [1.807, 2.05) is 0 Å². The van der Waals surface area contributed by atoms with E-state index in [2.05, 4.69) is 24.1 Å². The van der Waals surface area contributed by atoms with Gasteiger partial charge in [0.1, 0.15) is 0 Å². The molecule has 1 aliphatic rings. The maximum atomic E-state index is 8.74. The minimum Gasteiger partial charge on any atom is -0.395 e. The number of hydrogen-bond donors (Lipinski definition) is 2. The zero-order valence-electron chi connectivity index (χ0n) is 10.2. The standard InChI is InChI=1S/C12H26N2O/c1-3-12(4-2)14-8-5-11(6-9-14)13-7-10-15/h11-13,15H,3-10H2,1-2H3. The normalized spacial score (nSPS) is 20.0. The lowest BCUT2D eigenvalue weighted by Gasteiger charge is -2.37. The van der Waals surface area contributed by atoms with Crippen molar-refractivity contribution in [2.45, 2.75) is 51.6 Å². The van der Waals surface area contributed by atoms with E-state index in [0.29, 0.717) is 6.04 Å². The third kappa shape index (κ3) is 4.09. The van der Waals surface area contributed by atoms with Gasteiger partial charge in [0.05, 0.1) is 6.61 Å². The summed E-state index contributed by atoms with van der Waals surface area (Å²) in [5, 5.41) is 12.1. The lowest BCUT2D eigenvalue weighted by atomic mass is 10.0. The molecule has 0 bridgehead atoms. The first-order valence-corrected chi connectivity index (χ1v) is 6.40. The molecule has 90 valence electrons. The molecule has 2 N–H and O–H groups in total. The molecule has 15 heavy (non-hydrogen) atoms. The van der Waals surface area contributed by atoms with Crippen LogP contribution in [-0.4, -0.2) is 48.3 Å². The van der Waals surface area contributed by atoms with E-state index < -0.39 is 0 Å². The largest absolute Gasteiger partial charge is 0.395 e. The Morgan fingerprint density at radius 3 is 2.33 bits per heavy atom. The maximum Gasteiger partial charge on any atom is 0.0556 e. The monoisotopic (exact) mass is 214 g/mol. The SMILES string of the molecule is CCC(CC)N1CCC(NCCO)CC1. The highest BCUT2D eigenvalue weighted by molar-refractivity contribution is 4.80. The Balaban J connectivity index is 2.22. The minimum atomic E-state index is 0.257. The Labute approximate surface area is 93.9 Å². The van der Waals surface area contributed by atoms with Crippen LogP contribution in [-0.2, 0) is 0 Å². The zero-order valence-corrected chi connectivity index (χ0v) is 10.2. The molecule has 0 amide bonds. The second-order valence-corrected chi connectivity index (χ2v) is 4.46. The molecule has 0 saturated carbocycles. The van der Waals surface area contributed by atoms with Gasteiger partial charge in [-0.25, -0.2) is 0 Å². The van der Waals surface area contributed by atoms with Crippen LogP contribution in [0.25, 0.3) is 0 Å². The lowest BCUT2D eigenvalue weighted by Crippen LogP contribution is -2.46. The molecule has 0 aromatic rings. The van der Waals surface area contributed by atoms with Crippen LogP contribution in [0, 0.1) is 0 Å². The van der Waals surface area contributed by atoms with Gasteiger partial charge in [0, 0.05) is 18.6 Å². The number of piperidine rings is 1. The second kappa shape index (κ2) is 7.20. The number of aliphatic hydroxyl groups is 1. The molecular formula is C12H26N2O. The van der Waals surface area contributed by atoms with Gasteiger partial charge in [0.15, 0.2) is 0 Å². The van der Waals surface area contributed by atoms with Crippen molar-refractivity contribution in [2.75, 3.05) is 26.2 Å². The topological polar surface area (TPSA) is 35.5 Å². The molecule has 1 rings (SSSR count). The number of nitrogens with one attached hydrogen (secondary N) is 1. The number of nitrogens with zero attached hydrogens (tertiary/aromatic N) is 1. The molecule has 0 aliphatic carbocycles. The fraction of sp³-hybridized carbons (Fsp3) is 1.00. The van der Waals surface area contributed by atoms with Crippen LogP contribution in [0.4, 0.5) is 0 Å². The summed E-state index contributed by atoms with van der Waals surface area (Å²) in [5.41, 5.74) is 0. The fourth-order valence-corrected chi connectivity index (χ4v) is 2.54. The number of aliphatic hydroxyl groups excluding tert-OH is 1. The molecule has 1 fully saturated rings. The van der Waals surface area contributed by atoms with Crippen molar-refractivity contribution in [1.29, 1.82) is 0 Å². The quantitative estimate of drug-likeness (QED) is 0.698. The summed E-state index contributed by atoms with van der Waals surface area (Å²) >= 11 is 0. The fourth-order valence-electron chi connectivity index (χ4n) is 2.54. The van der Waals surface area contributed by atoms with Crippen LogP contribution in [0.1, 0.15) is 39.5 Å². The van der Waals surface area contributed by atoms with Crippen molar-refractivity contribution in [3.63, 3.8) is 0 Å². The summed E-state index contributed by atoms with van der Waals surface area (Å²) in [5.74, 6) is 0. The molecule has 0 atom stereocenters. The first kappa shape index (κ1) is 12.9. The first-order chi connectivity index (χ1) is 7.31. The molecule has 0 unspecified atom stereocenters. The van der Waals surface area contributed by atoms with E-state index in [9.17, 15) is 0 Å². The zero-order chi connectivity index (χ0) is 11.1. The van der Waals surface area contributed by atoms with Crippen molar-refractivity contribution < 1.29 is 5.11 Å². The van der Waals surface area contributed by atoms with E-state index in [0.717, 1.165) is 12.6 Å². The van der Waals surface area contributed by atoms with Crippen LogP contribution in [0.2, 0.25) is 0 Å². The highest BCUT2D eigenvalue weighted by atomic mass is 16.3. The molecule has 3 heteroatoms. The van der Waals surface area contributed by atoms with Crippen molar-refractivity contribution in [2.24, 2.45) is 0 Å². The van der Waals surface area contributed by atoms with Crippen molar-refractivity contribution in [3.05, 3.63) is 0 Å². The van der Waals surface area contributed by atoms with Crippen molar-refractivity contribution >= 4 is 0 Å². The van der Waals surface area contributed by atoms with Gasteiger partial charge < -0.3 is 15.3 Å². The predicted octanol–water partition coefficient (Wildman–Crippen LogP) is 1.22. The molecular weight excluding hydrogens is 188 g/mol. The summed E-state index contributed by atoms with van der Waals surface area (Å²) in [7, 11) is 0.